The van der Waals surface area contributed by atoms with Crippen molar-refractivity contribution in [1.29, 1.82) is 0 Å². The number of aryl methyl sites for hydroxylation is 1. The minimum Gasteiger partial charge on any atom is -0.481 e. The van der Waals surface area contributed by atoms with E-state index in [1.54, 1.807) is 0 Å². The van der Waals surface area contributed by atoms with Crippen LogP contribution in [0, 0.1) is 0 Å². The molecule has 2 aliphatic heterocycles. The average Bonchev–Trinajstić information content (AvgIpc) is 3.58. The van der Waals surface area contributed by atoms with E-state index in [0.717, 1.165) is 55.1 Å². The number of piperidine rings is 1. The van der Waals surface area contributed by atoms with E-state index >= 15 is 0 Å². The van der Waals surface area contributed by atoms with Crippen LogP contribution in [0.25, 0.3) is 10.6 Å². The van der Waals surface area contributed by atoms with Crippen molar-refractivity contribution in [3.63, 3.8) is 0 Å². The van der Waals surface area contributed by atoms with Gasteiger partial charge in [0.05, 0.1) is 28.7 Å². The van der Waals surface area contributed by atoms with Crippen LogP contribution in [-0.2, 0) is 12.6 Å². The molecule has 202 valence electrons. The quantitative estimate of drug-likeness (QED) is 0.464. The Hall–Kier alpha value is -3.19. The van der Waals surface area contributed by atoms with Gasteiger partial charge in [-0.3, -0.25) is 9.48 Å². The van der Waals surface area contributed by atoms with Crippen LogP contribution in [0.3, 0.4) is 0 Å². The zero-order valence-corrected chi connectivity index (χ0v) is 21.7. The molecule has 0 bridgehead atoms. The number of nitrogens with zero attached hydrogens (tertiary/aromatic N) is 5. The Balaban J connectivity index is 1.29. The van der Waals surface area contributed by atoms with Crippen molar-refractivity contribution in [1.82, 2.24) is 30.0 Å². The maximum absolute atomic E-state index is 13.9. The molecule has 3 aliphatic rings. The summed E-state index contributed by atoms with van der Waals surface area (Å²) in [5.74, 6) is 0.153. The summed E-state index contributed by atoms with van der Waals surface area (Å²) in [5.41, 5.74) is -0.158. The largest absolute Gasteiger partial charge is 0.481 e. The minimum atomic E-state index is -4.68. The molecule has 0 atom stereocenters. The molecule has 0 unspecified atom stereocenters. The number of hydrogen-bond acceptors (Lipinski definition) is 8. The number of amides is 1. The first-order chi connectivity index (χ1) is 18.3. The Labute approximate surface area is 221 Å². The number of anilines is 2. The van der Waals surface area contributed by atoms with E-state index < -0.39 is 11.7 Å². The van der Waals surface area contributed by atoms with E-state index in [0.29, 0.717) is 18.8 Å². The number of carbonyl (C=O) groups is 1. The minimum absolute atomic E-state index is 0.00506. The average molecular weight is 548 g/mol. The van der Waals surface area contributed by atoms with Gasteiger partial charge in [-0.2, -0.15) is 18.3 Å². The molecule has 0 spiro atoms. The van der Waals surface area contributed by atoms with Crippen LogP contribution in [-0.4, -0.2) is 62.8 Å². The van der Waals surface area contributed by atoms with Gasteiger partial charge in [0.1, 0.15) is 12.2 Å². The number of likely N-dealkylation sites (tertiary alicyclic amines) is 1. The van der Waals surface area contributed by atoms with Gasteiger partial charge >= 0.3 is 6.18 Å². The second kappa shape index (κ2) is 9.84. The monoisotopic (exact) mass is 547 g/mol. The van der Waals surface area contributed by atoms with E-state index in [1.165, 1.54) is 18.9 Å². The molecule has 6 rings (SSSR count). The molecule has 3 aromatic heterocycles. The maximum Gasteiger partial charge on any atom is 0.420 e. The van der Waals surface area contributed by atoms with Crippen LogP contribution in [0.1, 0.15) is 60.1 Å². The van der Waals surface area contributed by atoms with Crippen molar-refractivity contribution < 1.29 is 22.7 Å². The topological polar surface area (TPSA) is 97.2 Å². The highest BCUT2D eigenvalue weighted by Crippen LogP contribution is 2.43. The highest BCUT2D eigenvalue weighted by molar-refractivity contribution is 7.17. The van der Waals surface area contributed by atoms with Crippen LogP contribution in [0.5, 0.6) is 5.06 Å². The second-order valence-corrected chi connectivity index (χ2v) is 10.8. The first kappa shape index (κ1) is 25.1. The molecule has 13 heteroatoms. The molecule has 2 fully saturated rings. The predicted molar refractivity (Wildman–Crippen MR) is 136 cm³/mol. The highest BCUT2D eigenvalue weighted by atomic mass is 32.1. The summed E-state index contributed by atoms with van der Waals surface area (Å²) in [7, 11) is 0. The number of nitrogens with one attached hydrogen (secondary N) is 2. The summed E-state index contributed by atoms with van der Waals surface area (Å²) in [6, 6.07) is 2.42. The normalized spacial score (nSPS) is 19.0. The zero-order valence-electron chi connectivity index (χ0n) is 20.8. The predicted octanol–water partition coefficient (Wildman–Crippen LogP) is 4.65. The molecule has 3 aromatic rings. The molecule has 1 amide bonds. The lowest BCUT2D eigenvalue weighted by Crippen LogP contribution is -2.36. The molecule has 0 radical (unpaired) electrons. The molecule has 1 saturated heterocycles. The fraction of sp³-hybridized carbons (Fsp3) is 0.520. The third kappa shape index (κ3) is 4.96. The Morgan fingerprint density at radius 1 is 1.21 bits per heavy atom. The Bertz CT molecular complexity index is 1340. The number of aromatic nitrogens is 4. The van der Waals surface area contributed by atoms with Crippen LogP contribution in [0.4, 0.5) is 24.9 Å². The van der Waals surface area contributed by atoms with Gasteiger partial charge in [-0.25, -0.2) is 9.97 Å². The molecule has 0 aromatic carbocycles. The van der Waals surface area contributed by atoms with Gasteiger partial charge in [0.2, 0.25) is 5.95 Å². The molecule has 2 N–H and O–H groups in total. The fourth-order valence-electron chi connectivity index (χ4n) is 5.04. The molecular weight excluding hydrogens is 519 g/mol. The Morgan fingerprint density at radius 2 is 2.00 bits per heavy atom. The lowest BCUT2D eigenvalue weighted by molar-refractivity contribution is -0.137. The van der Waals surface area contributed by atoms with E-state index in [9.17, 15) is 18.0 Å². The first-order valence-corrected chi connectivity index (χ1v) is 13.7. The SMILES string of the molecule is CCc1cn(C2CCN(C3CC3)CC2)nc1Nc1ncc(C(F)(F)F)c(-c2cc3c(s2)OCCNC3=O)n1. The van der Waals surface area contributed by atoms with Gasteiger partial charge in [0, 0.05) is 37.1 Å². The van der Waals surface area contributed by atoms with Crippen LogP contribution >= 0.6 is 11.3 Å². The lowest BCUT2D eigenvalue weighted by atomic mass is 10.1. The molecule has 5 heterocycles. The molecule has 38 heavy (non-hydrogen) atoms. The van der Waals surface area contributed by atoms with Crippen molar-refractivity contribution in [3.05, 3.63) is 35.2 Å². The number of ether oxygens (including phenoxy) is 1. The number of halogens is 3. The molecule has 9 nitrogen and oxygen atoms in total. The van der Waals surface area contributed by atoms with Gasteiger partial charge in [-0.05, 0) is 38.2 Å². The third-order valence-corrected chi connectivity index (χ3v) is 8.30. The second-order valence-electron chi connectivity index (χ2n) is 9.83. The van der Waals surface area contributed by atoms with E-state index in [-0.39, 0.29) is 45.7 Å². The number of carbonyl (C=O) groups excluding carboxylic acids is 1. The van der Waals surface area contributed by atoms with Crippen LogP contribution in [0.15, 0.2) is 18.5 Å². The van der Waals surface area contributed by atoms with Gasteiger partial charge < -0.3 is 20.3 Å². The van der Waals surface area contributed by atoms with E-state index in [1.807, 2.05) is 17.8 Å². The number of thiophene rings is 1. The van der Waals surface area contributed by atoms with E-state index in [2.05, 4.69) is 25.5 Å². The summed E-state index contributed by atoms with van der Waals surface area (Å²) in [5, 5.41) is 10.7. The van der Waals surface area contributed by atoms with Crippen molar-refractivity contribution in [2.24, 2.45) is 0 Å². The number of hydrogen-bond donors (Lipinski definition) is 2. The van der Waals surface area contributed by atoms with Crippen LogP contribution in [0.2, 0.25) is 0 Å². The van der Waals surface area contributed by atoms with Crippen molar-refractivity contribution in [3.8, 4) is 15.6 Å². The number of alkyl halides is 3. The van der Waals surface area contributed by atoms with Gasteiger partial charge in [-0.15, -0.1) is 0 Å². The molecule has 1 saturated carbocycles. The fourth-order valence-corrected chi connectivity index (χ4v) is 6.07. The smallest absolute Gasteiger partial charge is 0.420 e. The zero-order chi connectivity index (χ0) is 26.4. The van der Waals surface area contributed by atoms with E-state index in [4.69, 9.17) is 9.84 Å². The molecular formula is C25H28F3N7O2S. The third-order valence-electron chi connectivity index (χ3n) is 7.25. The highest BCUT2D eigenvalue weighted by Gasteiger charge is 2.37. The van der Waals surface area contributed by atoms with Gasteiger partial charge in [0.25, 0.3) is 5.91 Å². The Morgan fingerprint density at radius 3 is 2.71 bits per heavy atom. The van der Waals surface area contributed by atoms with Gasteiger partial charge in [-0.1, -0.05) is 18.3 Å². The van der Waals surface area contributed by atoms with Crippen molar-refractivity contribution >= 4 is 29.0 Å². The summed E-state index contributed by atoms with van der Waals surface area (Å²) in [4.78, 5) is 23.3. The summed E-state index contributed by atoms with van der Waals surface area (Å²) >= 11 is 0.963. The number of rotatable bonds is 6. The molecule has 1 aliphatic carbocycles. The van der Waals surface area contributed by atoms with Crippen LogP contribution < -0.4 is 15.4 Å². The van der Waals surface area contributed by atoms with Crippen molar-refractivity contribution in [2.75, 3.05) is 31.6 Å². The Kier molecular flexibility index (Phi) is 6.50. The maximum atomic E-state index is 13.9. The standard InChI is InChI=1S/C25H28F3N7O2S/c1-2-14-13-35(16-5-8-34(9-6-16)15-3-4-15)33-21(14)32-24-30-12-18(25(26,27)28)20(31-24)19-11-17-22(36)29-7-10-37-23(17)38-19/h11-13,15-16H,2-10H2,1H3,(H,29,36)(H,30,31,32,33). The van der Waals surface area contributed by atoms with Gasteiger partial charge in [0.15, 0.2) is 10.9 Å². The van der Waals surface area contributed by atoms with Crippen molar-refractivity contribution in [2.45, 2.75) is 57.3 Å². The summed E-state index contributed by atoms with van der Waals surface area (Å²) in [6.07, 6.45) is 3.42. The number of fused-ring (bicyclic) bond motifs is 1. The lowest BCUT2D eigenvalue weighted by Gasteiger charge is -2.32. The first-order valence-electron chi connectivity index (χ1n) is 12.9. The summed E-state index contributed by atoms with van der Waals surface area (Å²) in [6.45, 7) is 4.68. The summed E-state index contributed by atoms with van der Waals surface area (Å²) < 4.78 is 49.2.